The number of hydrogen-bond donors (Lipinski definition) is 1. The predicted octanol–water partition coefficient (Wildman–Crippen LogP) is 3.20. The third-order valence-corrected chi connectivity index (χ3v) is 3.20. The van der Waals surface area contributed by atoms with Crippen LogP contribution >= 0.6 is 0 Å². The van der Waals surface area contributed by atoms with E-state index in [1.165, 1.54) is 13.1 Å². The molecule has 0 aliphatic heterocycles. The van der Waals surface area contributed by atoms with Gasteiger partial charge in [0, 0.05) is 23.8 Å². The Morgan fingerprint density at radius 3 is 2.50 bits per heavy atom. The van der Waals surface area contributed by atoms with Gasteiger partial charge in [-0.25, -0.2) is 17.6 Å². The third kappa shape index (κ3) is 2.69. The fraction of sp³-hybridized carbons (Fsp3) is 0.357. The lowest BCUT2D eigenvalue weighted by Crippen LogP contribution is -2.15. The molecular formula is C14H13F4NO. The first-order valence-corrected chi connectivity index (χ1v) is 6.08. The number of ketones is 1. The lowest BCUT2D eigenvalue weighted by molar-refractivity contribution is 0.102. The Balaban J connectivity index is 2.24. The van der Waals surface area contributed by atoms with Gasteiger partial charge in [-0.3, -0.25) is 4.79 Å². The van der Waals surface area contributed by atoms with Crippen molar-refractivity contribution in [1.29, 1.82) is 0 Å². The summed E-state index contributed by atoms with van der Waals surface area (Å²) in [6, 6.07) is 0.196. The van der Waals surface area contributed by atoms with E-state index in [0.29, 0.717) is 12.5 Å². The largest absolute Gasteiger partial charge is 0.385 e. The number of hydrogen-bond acceptors (Lipinski definition) is 2. The third-order valence-electron chi connectivity index (χ3n) is 3.20. The molecule has 2 atom stereocenters. The van der Waals surface area contributed by atoms with Gasteiger partial charge in [-0.1, -0.05) is 0 Å². The van der Waals surface area contributed by atoms with Crippen LogP contribution in [0.2, 0.25) is 0 Å². The summed E-state index contributed by atoms with van der Waals surface area (Å²) in [5.74, 6) is -4.44. The van der Waals surface area contributed by atoms with E-state index in [9.17, 15) is 22.4 Å². The molecule has 2 unspecified atom stereocenters. The van der Waals surface area contributed by atoms with E-state index in [1.807, 2.05) is 0 Å². The molecule has 108 valence electrons. The Labute approximate surface area is 113 Å². The molecule has 0 radical (unpaired) electrons. The van der Waals surface area contributed by atoms with Crippen molar-refractivity contribution in [2.24, 2.45) is 0 Å². The van der Waals surface area contributed by atoms with E-state index in [1.54, 1.807) is 0 Å². The Morgan fingerprint density at radius 2 is 1.95 bits per heavy atom. The minimum absolute atomic E-state index is 0.0911. The molecule has 1 aliphatic carbocycles. The molecule has 6 heteroatoms. The van der Waals surface area contributed by atoms with Gasteiger partial charge in [-0.2, -0.15) is 0 Å². The fourth-order valence-electron chi connectivity index (χ4n) is 1.74. The average Bonchev–Trinajstić information content (AvgIpc) is 3.13. The Bertz CT molecular complexity index is 597. The van der Waals surface area contributed by atoms with Gasteiger partial charge in [0.15, 0.2) is 17.4 Å². The minimum atomic E-state index is -1.31. The van der Waals surface area contributed by atoms with Crippen LogP contribution in [0, 0.1) is 24.4 Å². The van der Waals surface area contributed by atoms with Gasteiger partial charge in [0.1, 0.15) is 12.0 Å². The van der Waals surface area contributed by atoms with Crippen molar-refractivity contribution in [2.75, 3.05) is 0 Å². The highest BCUT2D eigenvalue weighted by Gasteiger charge is 2.36. The fourth-order valence-corrected chi connectivity index (χ4v) is 1.74. The molecule has 0 amide bonds. The highest BCUT2D eigenvalue weighted by molar-refractivity contribution is 6.08. The zero-order valence-corrected chi connectivity index (χ0v) is 10.9. The maximum atomic E-state index is 13.8. The minimum Gasteiger partial charge on any atom is -0.385 e. The standard InChI is InChI=1S/C14H13F4NO/c1-6(5-19-11-4-9(11)15)14(20)8-3-10(16)13(18)7(2)12(8)17/h3,5,9,11,19H,4H2,1-2H3/b6-5+. The topological polar surface area (TPSA) is 29.1 Å². The van der Waals surface area contributed by atoms with E-state index in [4.69, 9.17) is 0 Å². The lowest BCUT2D eigenvalue weighted by atomic mass is 10.0. The van der Waals surface area contributed by atoms with Gasteiger partial charge >= 0.3 is 0 Å². The Morgan fingerprint density at radius 1 is 1.35 bits per heavy atom. The van der Waals surface area contributed by atoms with Gasteiger partial charge in [0.2, 0.25) is 0 Å². The van der Waals surface area contributed by atoms with Crippen molar-refractivity contribution in [3.8, 4) is 0 Å². The predicted molar refractivity (Wildman–Crippen MR) is 65.6 cm³/mol. The van der Waals surface area contributed by atoms with Crippen LogP contribution in [0.3, 0.4) is 0 Å². The van der Waals surface area contributed by atoms with Crippen molar-refractivity contribution >= 4 is 5.78 Å². The highest BCUT2D eigenvalue weighted by atomic mass is 19.2. The van der Waals surface area contributed by atoms with Crippen molar-refractivity contribution < 1.29 is 22.4 Å². The maximum Gasteiger partial charge on any atom is 0.193 e. The van der Waals surface area contributed by atoms with Crippen molar-refractivity contribution in [3.05, 3.63) is 46.4 Å². The monoisotopic (exact) mass is 287 g/mol. The van der Waals surface area contributed by atoms with Crippen LogP contribution in [0.4, 0.5) is 17.6 Å². The number of rotatable bonds is 4. The van der Waals surface area contributed by atoms with Crippen LogP contribution < -0.4 is 5.32 Å². The number of nitrogens with one attached hydrogen (secondary N) is 1. The number of alkyl halides is 1. The number of allylic oxidation sites excluding steroid dienone is 1. The quantitative estimate of drug-likeness (QED) is 0.399. The van der Waals surface area contributed by atoms with Crippen LogP contribution in [-0.2, 0) is 0 Å². The van der Waals surface area contributed by atoms with Gasteiger partial charge in [-0.15, -0.1) is 0 Å². The molecule has 0 spiro atoms. The van der Waals surface area contributed by atoms with E-state index < -0.39 is 40.5 Å². The molecule has 1 aromatic carbocycles. The van der Waals surface area contributed by atoms with Crippen LogP contribution in [0.15, 0.2) is 17.8 Å². The molecular weight excluding hydrogens is 274 g/mol. The zero-order valence-electron chi connectivity index (χ0n) is 10.9. The van der Waals surface area contributed by atoms with Gasteiger partial charge < -0.3 is 5.32 Å². The number of carbonyl (C=O) groups is 1. The first-order chi connectivity index (χ1) is 9.32. The second-order valence-corrected chi connectivity index (χ2v) is 4.84. The molecule has 2 rings (SSSR count). The SMILES string of the molecule is C/C(=C\NC1CC1F)C(=O)c1cc(F)c(F)c(C)c1F. The molecule has 1 fully saturated rings. The number of carbonyl (C=O) groups excluding carboxylic acids is 1. The second-order valence-electron chi connectivity index (χ2n) is 4.84. The summed E-state index contributed by atoms with van der Waals surface area (Å²) in [5, 5.41) is 2.67. The number of benzene rings is 1. The normalized spacial score (nSPS) is 21.8. The van der Waals surface area contributed by atoms with Gasteiger partial charge in [0.25, 0.3) is 0 Å². The Kier molecular flexibility index (Phi) is 3.83. The molecule has 2 nitrogen and oxygen atoms in total. The molecule has 1 aliphatic rings. The van der Waals surface area contributed by atoms with E-state index >= 15 is 0 Å². The van der Waals surface area contributed by atoms with Crippen molar-refractivity contribution in [3.63, 3.8) is 0 Å². The second kappa shape index (κ2) is 5.26. The molecule has 1 aromatic rings. The maximum absolute atomic E-state index is 13.8. The van der Waals surface area contributed by atoms with Crippen LogP contribution in [0.25, 0.3) is 0 Å². The smallest absolute Gasteiger partial charge is 0.193 e. The first kappa shape index (κ1) is 14.6. The zero-order chi connectivity index (χ0) is 15.0. The van der Waals surface area contributed by atoms with E-state index in [-0.39, 0.29) is 11.6 Å². The van der Waals surface area contributed by atoms with Gasteiger partial charge in [0.05, 0.1) is 11.6 Å². The van der Waals surface area contributed by atoms with Crippen LogP contribution in [-0.4, -0.2) is 18.0 Å². The molecule has 1 saturated carbocycles. The van der Waals surface area contributed by atoms with E-state index in [0.717, 1.165) is 6.92 Å². The molecule has 0 bridgehead atoms. The molecule has 0 heterocycles. The number of halogens is 4. The van der Waals surface area contributed by atoms with Crippen molar-refractivity contribution in [2.45, 2.75) is 32.5 Å². The summed E-state index contributed by atoms with van der Waals surface area (Å²) in [5.41, 5.74) is -0.988. The Hall–Kier alpha value is -1.85. The average molecular weight is 287 g/mol. The van der Waals surface area contributed by atoms with Crippen LogP contribution in [0.5, 0.6) is 0 Å². The van der Waals surface area contributed by atoms with Crippen LogP contribution in [0.1, 0.15) is 29.3 Å². The molecule has 20 heavy (non-hydrogen) atoms. The summed E-state index contributed by atoms with van der Waals surface area (Å²) in [6.45, 7) is 2.45. The summed E-state index contributed by atoms with van der Waals surface area (Å²) in [6.07, 6.45) is 0.676. The summed E-state index contributed by atoms with van der Waals surface area (Å²) in [7, 11) is 0. The lowest BCUT2D eigenvalue weighted by Gasteiger charge is -2.08. The summed E-state index contributed by atoms with van der Waals surface area (Å²) >= 11 is 0. The molecule has 1 N–H and O–H groups in total. The molecule has 0 saturated heterocycles. The summed E-state index contributed by atoms with van der Waals surface area (Å²) < 4.78 is 52.8. The number of Topliss-reactive ketones (excluding diaryl/α,β-unsaturated/α-hetero) is 1. The summed E-state index contributed by atoms with van der Waals surface area (Å²) in [4.78, 5) is 12.0. The highest BCUT2D eigenvalue weighted by Crippen LogP contribution is 2.25. The van der Waals surface area contributed by atoms with Crippen molar-refractivity contribution in [1.82, 2.24) is 5.32 Å². The first-order valence-electron chi connectivity index (χ1n) is 6.08. The van der Waals surface area contributed by atoms with Gasteiger partial charge in [-0.05, 0) is 19.9 Å². The van der Waals surface area contributed by atoms with E-state index in [2.05, 4.69) is 5.32 Å². The molecule has 0 aromatic heterocycles.